The number of nitrogens with zero attached hydrogens (tertiary/aromatic N) is 1. The SMILES string of the molecule is CC(C)(C)N(CCO[Si](C)(C)C(C)(C)C)C(=O)O[SiH3]. The Morgan fingerprint density at radius 3 is 1.95 bits per heavy atom. The number of hydrogen-bond acceptors (Lipinski definition) is 3. The summed E-state index contributed by atoms with van der Waals surface area (Å²) in [5.41, 5.74) is -0.238. The highest BCUT2D eigenvalue weighted by molar-refractivity contribution is 6.74. The van der Waals surface area contributed by atoms with E-state index in [4.69, 9.17) is 8.85 Å². The highest BCUT2D eigenvalue weighted by Crippen LogP contribution is 2.36. The molecule has 0 aliphatic rings. The number of rotatable bonds is 4. The van der Waals surface area contributed by atoms with Crippen LogP contribution in [0.1, 0.15) is 41.5 Å². The second-order valence-corrected chi connectivity index (χ2v) is 12.6. The van der Waals surface area contributed by atoms with Crippen molar-refractivity contribution >= 4 is 24.9 Å². The summed E-state index contributed by atoms with van der Waals surface area (Å²) in [5, 5.41) is 0.192. The van der Waals surface area contributed by atoms with Crippen LogP contribution in [0, 0.1) is 0 Å². The first-order chi connectivity index (χ1) is 8.33. The molecular formula is C13H31NO3Si2. The van der Waals surface area contributed by atoms with E-state index in [0.717, 1.165) is 0 Å². The Hall–Kier alpha value is -0.336. The molecular weight excluding hydrogens is 274 g/mol. The zero-order valence-electron chi connectivity index (χ0n) is 14.1. The third-order valence-corrected chi connectivity index (χ3v) is 8.68. The van der Waals surface area contributed by atoms with Crippen LogP contribution in [0.15, 0.2) is 0 Å². The maximum atomic E-state index is 11.8. The fraction of sp³-hybridized carbons (Fsp3) is 0.923. The first-order valence-corrected chi connectivity index (χ1v) is 10.5. The van der Waals surface area contributed by atoms with Gasteiger partial charge in [-0.25, -0.2) is 4.79 Å². The van der Waals surface area contributed by atoms with Gasteiger partial charge in [-0.15, -0.1) is 0 Å². The molecule has 114 valence electrons. The minimum Gasteiger partial charge on any atom is -0.513 e. The number of amides is 1. The lowest BCUT2D eigenvalue weighted by Gasteiger charge is -2.39. The topological polar surface area (TPSA) is 38.8 Å². The molecule has 0 N–H and O–H groups in total. The Balaban J connectivity index is 4.57. The average Bonchev–Trinajstić information content (AvgIpc) is 2.20. The molecule has 0 aromatic heterocycles. The molecule has 1 amide bonds. The van der Waals surface area contributed by atoms with E-state index in [9.17, 15) is 4.79 Å². The van der Waals surface area contributed by atoms with Crippen molar-refractivity contribution in [2.75, 3.05) is 13.2 Å². The van der Waals surface area contributed by atoms with E-state index in [1.54, 1.807) is 4.90 Å². The van der Waals surface area contributed by atoms with E-state index in [1.165, 1.54) is 0 Å². The van der Waals surface area contributed by atoms with E-state index in [1.807, 2.05) is 20.8 Å². The predicted molar refractivity (Wildman–Crippen MR) is 86.0 cm³/mol. The van der Waals surface area contributed by atoms with Gasteiger partial charge in [0.2, 0.25) is 10.5 Å². The molecule has 0 spiro atoms. The first-order valence-electron chi connectivity index (χ1n) is 6.82. The Morgan fingerprint density at radius 2 is 1.63 bits per heavy atom. The molecule has 0 saturated heterocycles. The van der Waals surface area contributed by atoms with Crippen molar-refractivity contribution in [1.29, 1.82) is 0 Å². The van der Waals surface area contributed by atoms with Gasteiger partial charge in [-0.05, 0) is 38.9 Å². The highest BCUT2D eigenvalue weighted by Gasteiger charge is 2.37. The molecule has 0 aliphatic heterocycles. The number of carbonyl (C=O) groups is 1. The van der Waals surface area contributed by atoms with Gasteiger partial charge < -0.3 is 13.8 Å². The van der Waals surface area contributed by atoms with Gasteiger partial charge in [0.15, 0.2) is 8.32 Å². The van der Waals surface area contributed by atoms with Crippen molar-refractivity contribution in [2.45, 2.75) is 65.2 Å². The molecule has 0 saturated carbocycles. The third-order valence-electron chi connectivity index (χ3n) is 3.79. The number of hydrogen-bond donors (Lipinski definition) is 0. The molecule has 0 rings (SSSR count). The minimum atomic E-state index is -1.75. The zero-order valence-corrected chi connectivity index (χ0v) is 17.1. The second kappa shape index (κ2) is 6.41. The van der Waals surface area contributed by atoms with Crippen molar-refractivity contribution in [1.82, 2.24) is 4.90 Å². The molecule has 0 aromatic rings. The molecule has 4 nitrogen and oxygen atoms in total. The Bertz CT molecular complexity index is 306. The van der Waals surface area contributed by atoms with Gasteiger partial charge in [-0.2, -0.15) is 0 Å². The summed E-state index contributed by atoms with van der Waals surface area (Å²) in [4.78, 5) is 13.5. The van der Waals surface area contributed by atoms with Crippen LogP contribution in [0.4, 0.5) is 4.79 Å². The van der Waals surface area contributed by atoms with Gasteiger partial charge in [-0.3, -0.25) is 0 Å². The average molecular weight is 306 g/mol. The van der Waals surface area contributed by atoms with Crippen LogP contribution >= 0.6 is 0 Å². The van der Waals surface area contributed by atoms with Crippen LogP contribution in [0.2, 0.25) is 18.1 Å². The van der Waals surface area contributed by atoms with Crippen LogP contribution in [0.3, 0.4) is 0 Å². The van der Waals surface area contributed by atoms with Crippen LogP contribution in [0.25, 0.3) is 0 Å². The molecule has 19 heavy (non-hydrogen) atoms. The van der Waals surface area contributed by atoms with Crippen LogP contribution in [-0.4, -0.2) is 48.5 Å². The van der Waals surface area contributed by atoms with Gasteiger partial charge in [0.1, 0.15) is 0 Å². The number of carbonyl (C=O) groups excluding carboxylic acids is 1. The summed E-state index contributed by atoms with van der Waals surface area (Å²) in [6.45, 7) is 18.3. The molecule has 0 radical (unpaired) electrons. The molecule has 0 bridgehead atoms. The minimum absolute atomic E-state index is 0.192. The lowest BCUT2D eigenvalue weighted by molar-refractivity contribution is 0.0951. The van der Waals surface area contributed by atoms with Crippen molar-refractivity contribution in [2.24, 2.45) is 0 Å². The van der Waals surface area contributed by atoms with E-state index in [-0.39, 0.29) is 16.7 Å². The van der Waals surface area contributed by atoms with Gasteiger partial charge in [-0.1, -0.05) is 20.8 Å². The fourth-order valence-electron chi connectivity index (χ4n) is 1.42. The maximum absolute atomic E-state index is 11.8. The summed E-state index contributed by atoms with van der Waals surface area (Å²) < 4.78 is 11.1. The smallest absolute Gasteiger partial charge is 0.396 e. The molecule has 0 aromatic carbocycles. The van der Waals surface area contributed by atoms with Crippen molar-refractivity contribution in [3.63, 3.8) is 0 Å². The third kappa shape index (κ3) is 5.66. The molecule has 0 fully saturated rings. The van der Waals surface area contributed by atoms with Crippen molar-refractivity contribution in [3.8, 4) is 0 Å². The summed E-state index contributed by atoms with van der Waals surface area (Å²) in [7, 11) is -1.32. The van der Waals surface area contributed by atoms with E-state index in [0.29, 0.717) is 23.6 Å². The summed E-state index contributed by atoms with van der Waals surface area (Å²) in [5.74, 6) is 0. The van der Waals surface area contributed by atoms with Crippen LogP contribution in [0.5, 0.6) is 0 Å². The van der Waals surface area contributed by atoms with Gasteiger partial charge >= 0.3 is 6.09 Å². The maximum Gasteiger partial charge on any atom is 0.396 e. The normalized spacial score (nSPS) is 13.5. The highest BCUT2D eigenvalue weighted by atomic mass is 28.4. The van der Waals surface area contributed by atoms with Gasteiger partial charge in [0.25, 0.3) is 0 Å². The standard InChI is InChI=1S/C13H31NO3Si2/c1-12(2,3)14(11(15)17-18)9-10-16-19(7,8)13(4,5)6/h9-10H2,1-8,18H3. The Labute approximate surface area is 122 Å². The predicted octanol–water partition coefficient (Wildman–Crippen LogP) is 2.53. The van der Waals surface area contributed by atoms with E-state index < -0.39 is 8.32 Å². The van der Waals surface area contributed by atoms with E-state index >= 15 is 0 Å². The van der Waals surface area contributed by atoms with Gasteiger partial charge in [0.05, 0.1) is 6.61 Å². The lowest BCUT2D eigenvalue weighted by Crippen LogP contribution is -2.49. The summed E-state index contributed by atoms with van der Waals surface area (Å²) in [6, 6.07) is 0. The molecule has 0 unspecified atom stereocenters. The van der Waals surface area contributed by atoms with Crippen molar-refractivity contribution < 1.29 is 13.6 Å². The Morgan fingerprint density at radius 1 is 1.16 bits per heavy atom. The largest absolute Gasteiger partial charge is 0.513 e. The quantitative estimate of drug-likeness (QED) is 0.749. The van der Waals surface area contributed by atoms with Gasteiger partial charge in [0, 0.05) is 12.1 Å². The lowest BCUT2D eigenvalue weighted by atomic mass is 10.1. The molecule has 0 heterocycles. The fourth-order valence-corrected chi connectivity index (χ4v) is 2.67. The van der Waals surface area contributed by atoms with E-state index in [2.05, 4.69) is 33.9 Å². The summed E-state index contributed by atoms with van der Waals surface area (Å²) in [6.07, 6.45) is -0.238. The monoisotopic (exact) mass is 305 g/mol. The zero-order chi connectivity index (χ0) is 15.5. The van der Waals surface area contributed by atoms with Crippen LogP contribution in [-0.2, 0) is 8.85 Å². The second-order valence-electron chi connectivity index (χ2n) is 7.40. The molecule has 0 atom stereocenters. The molecule has 0 aliphatic carbocycles. The first kappa shape index (κ1) is 18.7. The van der Waals surface area contributed by atoms with Crippen LogP contribution < -0.4 is 0 Å². The van der Waals surface area contributed by atoms with Crippen molar-refractivity contribution in [3.05, 3.63) is 0 Å². The Kier molecular flexibility index (Phi) is 6.30. The molecule has 6 heteroatoms. The summed E-state index contributed by atoms with van der Waals surface area (Å²) >= 11 is 0.